The molecule has 16 heavy (non-hydrogen) atoms. The normalized spacial score (nSPS) is 24.9. The van der Waals surface area contributed by atoms with Crippen molar-refractivity contribution in [2.24, 2.45) is 0 Å². The first-order valence-electron chi connectivity index (χ1n) is 6.11. The van der Waals surface area contributed by atoms with Crippen LogP contribution >= 0.6 is 0 Å². The zero-order chi connectivity index (χ0) is 12.2. The summed E-state index contributed by atoms with van der Waals surface area (Å²) in [6, 6.07) is 0.522. The van der Waals surface area contributed by atoms with Gasteiger partial charge in [-0.05, 0) is 40.8 Å². The molecule has 4 nitrogen and oxygen atoms in total. The minimum atomic E-state index is -0.412. The number of likely N-dealkylation sites (tertiary alicyclic amines) is 1. The molecule has 0 aromatic carbocycles. The van der Waals surface area contributed by atoms with Gasteiger partial charge in [-0.15, -0.1) is 0 Å². The fourth-order valence-corrected chi connectivity index (χ4v) is 1.81. The quantitative estimate of drug-likeness (QED) is 0.720. The van der Waals surface area contributed by atoms with Crippen LogP contribution in [0.15, 0.2) is 0 Å². The van der Waals surface area contributed by atoms with Gasteiger partial charge in [-0.2, -0.15) is 0 Å². The highest BCUT2D eigenvalue weighted by Crippen LogP contribution is 2.08. The predicted octanol–water partition coefficient (Wildman–Crippen LogP) is 0.456. The summed E-state index contributed by atoms with van der Waals surface area (Å²) in [6.07, 6.45) is 0.758. The van der Waals surface area contributed by atoms with Gasteiger partial charge >= 0.3 is 0 Å². The summed E-state index contributed by atoms with van der Waals surface area (Å²) in [5, 5.41) is 13.1. The fraction of sp³-hybridized carbons (Fsp3) is 1.00. The van der Waals surface area contributed by atoms with Gasteiger partial charge in [0, 0.05) is 19.1 Å². The summed E-state index contributed by atoms with van der Waals surface area (Å²) in [4.78, 5) is 2.30. The summed E-state index contributed by atoms with van der Waals surface area (Å²) in [6.45, 7) is 9.24. The van der Waals surface area contributed by atoms with Crippen LogP contribution in [0.3, 0.4) is 0 Å². The van der Waals surface area contributed by atoms with Gasteiger partial charge in [-0.25, -0.2) is 0 Å². The van der Waals surface area contributed by atoms with E-state index in [0.29, 0.717) is 19.2 Å². The Morgan fingerprint density at radius 1 is 1.50 bits per heavy atom. The van der Waals surface area contributed by atoms with Crippen LogP contribution in [-0.4, -0.2) is 61.0 Å². The summed E-state index contributed by atoms with van der Waals surface area (Å²) in [7, 11) is 2.13. The number of hydrogen-bond acceptors (Lipinski definition) is 4. The number of nitrogens with one attached hydrogen (secondary N) is 1. The monoisotopic (exact) mass is 230 g/mol. The molecule has 2 N–H and O–H groups in total. The third-order valence-electron chi connectivity index (χ3n) is 2.74. The zero-order valence-electron chi connectivity index (χ0n) is 11.0. The molecular weight excluding hydrogens is 204 g/mol. The molecule has 1 aliphatic rings. The number of nitrogens with zero attached hydrogens (tertiary/aromatic N) is 1. The number of ether oxygens (including phenoxy) is 1. The van der Waals surface area contributed by atoms with Crippen molar-refractivity contribution in [1.29, 1.82) is 0 Å². The summed E-state index contributed by atoms with van der Waals surface area (Å²) in [5.74, 6) is 0. The van der Waals surface area contributed by atoms with Crippen LogP contribution in [0.4, 0.5) is 0 Å². The Bertz CT molecular complexity index is 204. The summed E-state index contributed by atoms with van der Waals surface area (Å²) in [5.41, 5.74) is -0.172. The van der Waals surface area contributed by atoms with Gasteiger partial charge in [0.2, 0.25) is 0 Å². The van der Waals surface area contributed by atoms with E-state index < -0.39 is 6.10 Å². The molecule has 0 bridgehead atoms. The Hall–Kier alpha value is -0.160. The zero-order valence-corrected chi connectivity index (χ0v) is 11.0. The molecule has 1 aliphatic heterocycles. The molecule has 1 rings (SSSR count). The molecule has 0 aliphatic carbocycles. The van der Waals surface area contributed by atoms with Crippen LogP contribution in [0.5, 0.6) is 0 Å². The Kier molecular flexibility index (Phi) is 5.18. The highest BCUT2D eigenvalue weighted by atomic mass is 16.5. The van der Waals surface area contributed by atoms with Crippen molar-refractivity contribution < 1.29 is 9.84 Å². The highest BCUT2D eigenvalue weighted by Gasteiger charge is 2.20. The fourth-order valence-electron chi connectivity index (χ4n) is 1.81. The van der Waals surface area contributed by atoms with E-state index in [2.05, 4.69) is 17.3 Å². The van der Waals surface area contributed by atoms with Gasteiger partial charge < -0.3 is 20.1 Å². The van der Waals surface area contributed by atoms with E-state index in [4.69, 9.17) is 4.74 Å². The number of aliphatic hydroxyl groups is 1. The number of hydrogen-bond donors (Lipinski definition) is 2. The topological polar surface area (TPSA) is 44.7 Å². The van der Waals surface area contributed by atoms with Crippen LogP contribution in [0, 0.1) is 0 Å². The molecule has 2 unspecified atom stereocenters. The van der Waals surface area contributed by atoms with Crippen LogP contribution in [-0.2, 0) is 4.74 Å². The second-order valence-corrected chi connectivity index (χ2v) is 5.73. The van der Waals surface area contributed by atoms with E-state index in [0.717, 1.165) is 13.1 Å². The van der Waals surface area contributed by atoms with Gasteiger partial charge in [-0.1, -0.05) is 0 Å². The average Bonchev–Trinajstić information content (AvgIpc) is 2.57. The Morgan fingerprint density at radius 3 is 2.69 bits per heavy atom. The molecular formula is C12H26N2O2. The maximum atomic E-state index is 9.74. The van der Waals surface area contributed by atoms with Crippen molar-refractivity contribution in [2.75, 3.05) is 33.3 Å². The van der Waals surface area contributed by atoms with Gasteiger partial charge in [0.1, 0.15) is 0 Å². The van der Waals surface area contributed by atoms with Crippen molar-refractivity contribution in [2.45, 2.75) is 44.9 Å². The Morgan fingerprint density at radius 2 is 2.19 bits per heavy atom. The third kappa shape index (κ3) is 5.80. The molecule has 4 heteroatoms. The lowest BCUT2D eigenvalue weighted by Crippen LogP contribution is -2.39. The molecule has 96 valence electrons. The molecule has 1 heterocycles. The van der Waals surface area contributed by atoms with E-state index >= 15 is 0 Å². The van der Waals surface area contributed by atoms with Crippen LogP contribution in [0.25, 0.3) is 0 Å². The first-order chi connectivity index (χ1) is 7.37. The Labute approximate surface area is 99.0 Å². The van der Waals surface area contributed by atoms with Gasteiger partial charge in [0.05, 0.1) is 18.3 Å². The third-order valence-corrected chi connectivity index (χ3v) is 2.74. The van der Waals surface area contributed by atoms with Crippen molar-refractivity contribution in [3.05, 3.63) is 0 Å². The van der Waals surface area contributed by atoms with Gasteiger partial charge in [-0.3, -0.25) is 0 Å². The van der Waals surface area contributed by atoms with Crippen LogP contribution in [0.1, 0.15) is 27.2 Å². The second kappa shape index (κ2) is 5.96. The lowest BCUT2D eigenvalue weighted by molar-refractivity contribution is -0.0482. The maximum absolute atomic E-state index is 9.74. The first-order valence-corrected chi connectivity index (χ1v) is 6.11. The van der Waals surface area contributed by atoms with Crippen molar-refractivity contribution in [1.82, 2.24) is 10.2 Å². The number of likely N-dealkylation sites (N-methyl/N-ethyl adjacent to an activating group) is 1. The summed E-state index contributed by atoms with van der Waals surface area (Å²) >= 11 is 0. The van der Waals surface area contributed by atoms with E-state index in [1.807, 2.05) is 20.8 Å². The second-order valence-electron chi connectivity index (χ2n) is 5.73. The van der Waals surface area contributed by atoms with Crippen molar-refractivity contribution >= 4 is 0 Å². The minimum Gasteiger partial charge on any atom is -0.389 e. The molecule has 2 atom stereocenters. The molecule has 0 aromatic heterocycles. The molecule has 0 radical (unpaired) electrons. The van der Waals surface area contributed by atoms with Crippen LogP contribution < -0.4 is 5.32 Å². The Balaban J connectivity index is 2.08. The standard InChI is InChI=1S/C12H26N2O2/c1-12(2,3)16-9-11(15)7-13-10-5-6-14(4)8-10/h10-11,13,15H,5-9H2,1-4H3. The lowest BCUT2D eigenvalue weighted by Gasteiger charge is -2.23. The predicted molar refractivity (Wildman–Crippen MR) is 65.6 cm³/mol. The SMILES string of the molecule is CN1CCC(NCC(O)COC(C)(C)C)C1. The first kappa shape index (κ1) is 13.9. The molecule has 1 fully saturated rings. The van der Waals surface area contributed by atoms with Gasteiger partial charge in [0.15, 0.2) is 0 Å². The van der Waals surface area contributed by atoms with E-state index in [1.165, 1.54) is 6.42 Å². The van der Waals surface area contributed by atoms with E-state index in [-0.39, 0.29) is 5.60 Å². The molecule has 0 amide bonds. The van der Waals surface area contributed by atoms with Crippen molar-refractivity contribution in [3.63, 3.8) is 0 Å². The lowest BCUT2D eigenvalue weighted by atomic mass is 10.2. The summed E-state index contributed by atoms with van der Waals surface area (Å²) < 4.78 is 5.53. The van der Waals surface area contributed by atoms with Crippen molar-refractivity contribution in [3.8, 4) is 0 Å². The minimum absolute atomic E-state index is 0.172. The molecule has 0 spiro atoms. The van der Waals surface area contributed by atoms with Gasteiger partial charge in [0.25, 0.3) is 0 Å². The van der Waals surface area contributed by atoms with E-state index in [9.17, 15) is 5.11 Å². The molecule has 1 saturated heterocycles. The smallest absolute Gasteiger partial charge is 0.0898 e. The molecule has 0 aromatic rings. The largest absolute Gasteiger partial charge is 0.389 e. The van der Waals surface area contributed by atoms with Crippen LogP contribution in [0.2, 0.25) is 0 Å². The number of aliphatic hydroxyl groups excluding tert-OH is 1. The van der Waals surface area contributed by atoms with E-state index in [1.54, 1.807) is 0 Å². The average molecular weight is 230 g/mol. The molecule has 0 saturated carbocycles. The highest BCUT2D eigenvalue weighted by molar-refractivity contribution is 4.79. The number of rotatable bonds is 5. The maximum Gasteiger partial charge on any atom is 0.0898 e.